The van der Waals surface area contributed by atoms with Gasteiger partial charge in [0.25, 0.3) is 5.91 Å². The summed E-state index contributed by atoms with van der Waals surface area (Å²) in [6.45, 7) is 7.73. The molecule has 0 spiro atoms. The molecular formula is C33H39N7O2. The van der Waals surface area contributed by atoms with Crippen LogP contribution in [0.25, 0.3) is 16.8 Å². The van der Waals surface area contributed by atoms with Crippen LogP contribution in [-0.2, 0) is 4.79 Å². The topological polar surface area (TPSA) is 109 Å². The Morgan fingerprint density at radius 3 is 2.74 bits per heavy atom. The summed E-state index contributed by atoms with van der Waals surface area (Å²) in [5.41, 5.74) is 12.1. The Labute approximate surface area is 247 Å². The van der Waals surface area contributed by atoms with E-state index in [9.17, 15) is 9.59 Å². The normalized spacial score (nSPS) is 15.4. The van der Waals surface area contributed by atoms with E-state index in [1.807, 2.05) is 70.9 Å². The third-order valence-corrected chi connectivity index (χ3v) is 7.72. The highest BCUT2D eigenvalue weighted by Crippen LogP contribution is 2.36. The summed E-state index contributed by atoms with van der Waals surface area (Å²) in [5, 5.41) is 3.03. The van der Waals surface area contributed by atoms with Gasteiger partial charge in [0, 0.05) is 48.4 Å². The first-order valence-electron chi connectivity index (χ1n) is 14.4. The van der Waals surface area contributed by atoms with Gasteiger partial charge in [-0.25, -0.2) is 9.97 Å². The second-order valence-corrected chi connectivity index (χ2v) is 11.5. The largest absolute Gasteiger partial charge is 0.382 e. The van der Waals surface area contributed by atoms with Gasteiger partial charge in [0.2, 0.25) is 5.91 Å². The lowest BCUT2D eigenvalue weighted by Gasteiger charge is -2.22. The van der Waals surface area contributed by atoms with Gasteiger partial charge in [0.1, 0.15) is 22.9 Å². The molecule has 1 fully saturated rings. The number of nitrogen functional groups attached to an aromatic ring is 1. The zero-order chi connectivity index (χ0) is 30.0. The number of aromatic nitrogens is 3. The number of hydrogen-bond acceptors (Lipinski definition) is 6. The lowest BCUT2D eigenvalue weighted by molar-refractivity contribution is -0.127. The smallest absolute Gasteiger partial charge is 0.255 e. The first kappa shape index (κ1) is 29.0. The van der Waals surface area contributed by atoms with Crippen LogP contribution in [0.4, 0.5) is 11.5 Å². The average Bonchev–Trinajstić information content (AvgIpc) is 3.58. The van der Waals surface area contributed by atoms with Crippen molar-refractivity contribution in [2.45, 2.75) is 45.6 Å². The number of likely N-dealkylation sites (tertiary alicyclic amines) is 1. The predicted molar refractivity (Wildman–Crippen MR) is 167 cm³/mol. The van der Waals surface area contributed by atoms with Gasteiger partial charge in [-0.3, -0.25) is 14.0 Å². The van der Waals surface area contributed by atoms with E-state index in [-0.39, 0.29) is 17.9 Å². The second-order valence-electron chi connectivity index (χ2n) is 11.5. The van der Waals surface area contributed by atoms with Crippen LogP contribution in [0.15, 0.2) is 67.0 Å². The molecule has 5 rings (SSSR count). The molecular weight excluding hydrogens is 526 g/mol. The highest BCUT2D eigenvalue weighted by Gasteiger charge is 2.33. The molecule has 0 aliphatic carbocycles. The molecule has 0 saturated carbocycles. The fourth-order valence-corrected chi connectivity index (χ4v) is 5.69. The number of anilines is 2. The Bertz CT molecular complexity index is 1650. The SMILES string of the molecule is Cc1cc(NC(=O)c2cccc(-c3nc([C@@H]4CCCN4C(=O)/C=C/CN(C)C)n4ccnc(N)c34)c2)ccc1C(C)C. The number of carbonyl (C=O) groups is 2. The molecule has 2 aromatic heterocycles. The molecule has 42 heavy (non-hydrogen) atoms. The summed E-state index contributed by atoms with van der Waals surface area (Å²) in [4.78, 5) is 39.7. The number of amides is 2. The van der Waals surface area contributed by atoms with E-state index in [1.165, 1.54) is 5.56 Å². The van der Waals surface area contributed by atoms with Crippen molar-refractivity contribution in [3.63, 3.8) is 0 Å². The highest BCUT2D eigenvalue weighted by atomic mass is 16.2. The van der Waals surface area contributed by atoms with E-state index in [0.29, 0.717) is 41.6 Å². The van der Waals surface area contributed by atoms with Crippen LogP contribution in [0.2, 0.25) is 0 Å². The van der Waals surface area contributed by atoms with Gasteiger partial charge < -0.3 is 20.9 Å². The molecule has 1 saturated heterocycles. The molecule has 3 heterocycles. The minimum absolute atomic E-state index is 0.0324. The summed E-state index contributed by atoms with van der Waals surface area (Å²) in [7, 11) is 3.93. The average molecular weight is 566 g/mol. The van der Waals surface area contributed by atoms with Gasteiger partial charge in [-0.1, -0.05) is 38.1 Å². The summed E-state index contributed by atoms with van der Waals surface area (Å²) >= 11 is 0. The minimum atomic E-state index is -0.208. The van der Waals surface area contributed by atoms with Crippen molar-refractivity contribution < 1.29 is 9.59 Å². The Morgan fingerprint density at radius 1 is 1.19 bits per heavy atom. The minimum Gasteiger partial charge on any atom is -0.382 e. The van der Waals surface area contributed by atoms with Gasteiger partial charge >= 0.3 is 0 Å². The summed E-state index contributed by atoms with van der Waals surface area (Å²) < 4.78 is 1.93. The van der Waals surface area contributed by atoms with Crippen molar-refractivity contribution >= 4 is 28.8 Å². The van der Waals surface area contributed by atoms with Crippen molar-refractivity contribution in [3.05, 3.63) is 89.5 Å². The highest BCUT2D eigenvalue weighted by molar-refractivity contribution is 6.05. The number of imidazole rings is 1. The summed E-state index contributed by atoms with van der Waals surface area (Å²) in [6, 6.07) is 13.2. The number of carbonyl (C=O) groups excluding carboxylic acids is 2. The molecule has 218 valence electrons. The Morgan fingerprint density at radius 2 is 2.00 bits per heavy atom. The van der Waals surface area contributed by atoms with Gasteiger partial charge in [0.05, 0.1) is 6.04 Å². The van der Waals surface area contributed by atoms with Crippen molar-refractivity contribution in [2.24, 2.45) is 0 Å². The molecule has 1 atom stereocenters. The number of nitrogens with zero attached hydrogens (tertiary/aromatic N) is 5. The van der Waals surface area contributed by atoms with Crippen LogP contribution < -0.4 is 11.1 Å². The molecule has 9 nitrogen and oxygen atoms in total. The number of likely N-dealkylation sites (N-methyl/N-ethyl adjacent to an activating group) is 1. The maximum absolute atomic E-state index is 13.3. The van der Waals surface area contributed by atoms with Crippen LogP contribution in [0.3, 0.4) is 0 Å². The fraction of sp³-hybridized carbons (Fsp3) is 0.333. The second kappa shape index (κ2) is 12.2. The molecule has 0 bridgehead atoms. The maximum Gasteiger partial charge on any atom is 0.255 e. The first-order valence-corrected chi connectivity index (χ1v) is 14.4. The van der Waals surface area contributed by atoms with E-state index < -0.39 is 0 Å². The maximum atomic E-state index is 13.3. The third kappa shape index (κ3) is 5.92. The number of rotatable bonds is 8. The summed E-state index contributed by atoms with van der Waals surface area (Å²) in [6.07, 6.45) is 8.68. The van der Waals surface area contributed by atoms with Crippen molar-refractivity contribution in [1.82, 2.24) is 24.2 Å². The number of aryl methyl sites for hydroxylation is 1. The van der Waals surface area contributed by atoms with Crippen molar-refractivity contribution in [1.29, 1.82) is 0 Å². The summed E-state index contributed by atoms with van der Waals surface area (Å²) in [5.74, 6) is 1.24. The van der Waals surface area contributed by atoms with E-state index in [1.54, 1.807) is 18.3 Å². The number of benzene rings is 2. The molecule has 0 unspecified atom stereocenters. The van der Waals surface area contributed by atoms with Gasteiger partial charge in [-0.15, -0.1) is 0 Å². The van der Waals surface area contributed by atoms with E-state index in [2.05, 4.69) is 37.1 Å². The molecule has 0 radical (unpaired) electrons. The van der Waals surface area contributed by atoms with Gasteiger partial charge in [-0.2, -0.15) is 0 Å². The van der Waals surface area contributed by atoms with Crippen LogP contribution in [0, 0.1) is 6.92 Å². The Hall–Kier alpha value is -4.50. The van der Waals surface area contributed by atoms with Crippen LogP contribution in [-0.4, -0.2) is 63.2 Å². The number of nitrogens with one attached hydrogen (secondary N) is 1. The number of nitrogens with two attached hydrogens (primary N) is 1. The monoisotopic (exact) mass is 565 g/mol. The Balaban J connectivity index is 1.47. The first-order chi connectivity index (χ1) is 20.1. The molecule has 1 aliphatic heterocycles. The van der Waals surface area contributed by atoms with Crippen LogP contribution >= 0.6 is 0 Å². The van der Waals surface area contributed by atoms with Crippen molar-refractivity contribution in [3.8, 4) is 11.3 Å². The lowest BCUT2D eigenvalue weighted by atomic mass is 9.97. The number of hydrogen-bond donors (Lipinski definition) is 2. The van der Waals surface area contributed by atoms with Gasteiger partial charge in [0.15, 0.2) is 0 Å². The van der Waals surface area contributed by atoms with E-state index >= 15 is 0 Å². The molecule has 1 aliphatic rings. The standard InChI is InChI=1S/C33H39N7O2/c1-21(2)26-14-13-25(19-22(26)3)36-33(42)24-10-6-9-23(20-24)29-30-31(34)35-15-18-40(30)32(37-29)27-11-7-17-39(27)28(41)12-8-16-38(4)5/h6,8-10,12-15,18-21,27H,7,11,16-17H2,1-5H3,(H2,34,35)(H,36,42)/b12-8+/t27-/m0/s1. The fourth-order valence-electron chi connectivity index (χ4n) is 5.69. The molecule has 4 aromatic rings. The molecule has 9 heteroatoms. The van der Waals surface area contributed by atoms with Crippen LogP contribution in [0.1, 0.15) is 66.0 Å². The zero-order valence-electron chi connectivity index (χ0n) is 25.0. The van der Waals surface area contributed by atoms with Crippen LogP contribution in [0.5, 0.6) is 0 Å². The molecule has 2 aromatic carbocycles. The Kier molecular flexibility index (Phi) is 8.40. The zero-order valence-corrected chi connectivity index (χ0v) is 25.0. The van der Waals surface area contributed by atoms with E-state index in [0.717, 1.165) is 35.5 Å². The molecule has 2 amide bonds. The third-order valence-electron chi connectivity index (χ3n) is 7.72. The van der Waals surface area contributed by atoms with E-state index in [4.69, 9.17) is 10.7 Å². The predicted octanol–water partition coefficient (Wildman–Crippen LogP) is 5.44. The molecule has 3 N–H and O–H groups in total. The quantitative estimate of drug-likeness (QED) is 0.275. The number of fused-ring (bicyclic) bond motifs is 1. The van der Waals surface area contributed by atoms with Gasteiger partial charge in [-0.05, 0) is 75.2 Å². The lowest BCUT2D eigenvalue weighted by Crippen LogP contribution is -2.30. The van der Waals surface area contributed by atoms with Crippen molar-refractivity contribution in [2.75, 3.05) is 38.2 Å².